The molecule has 4 rings (SSSR count). The number of methoxy groups -OCH3 is 1. The molecule has 0 amide bonds. The van der Waals surface area contributed by atoms with Crippen molar-refractivity contribution in [3.63, 3.8) is 0 Å². The molecule has 4 aromatic rings. The molecule has 0 fully saturated rings. The van der Waals surface area contributed by atoms with Crippen molar-refractivity contribution in [3.8, 4) is 11.5 Å². The fraction of sp³-hybridized carbons (Fsp3) is 0.259. The number of hydrogen-bond donors (Lipinski definition) is 1. The lowest BCUT2D eigenvalue weighted by Gasteiger charge is -2.10. The average molecular weight is 471 g/mol. The number of halogens is 2. The fourth-order valence-corrected chi connectivity index (χ4v) is 3.28. The molecule has 0 radical (unpaired) electrons. The van der Waals surface area contributed by atoms with Crippen molar-refractivity contribution in [2.45, 2.75) is 0 Å². The second-order valence-corrected chi connectivity index (χ2v) is 7.27. The number of ether oxygens (including phenoxy) is 4. The van der Waals surface area contributed by atoms with E-state index in [1.54, 1.807) is 43.5 Å². The zero-order chi connectivity index (χ0) is 24.2. The molecular weight excluding hydrogens is 442 g/mol. The molecule has 0 aliphatic carbocycles. The Bertz CT molecular complexity index is 1140. The van der Waals surface area contributed by atoms with Gasteiger partial charge in [0.1, 0.15) is 29.7 Å². The minimum absolute atomic E-state index is 0.118. The molecule has 4 aromatic carbocycles. The van der Waals surface area contributed by atoms with E-state index in [2.05, 4.69) is 0 Å². The number of phenols is 1. The molecule has 0 aromatic heterocycles. The Hall–Kier alpha value is -3.26. The van der Waals surface area contributed by atoms with Crippen molar-refractivity contribution in [3.05, 3.63) is 84.4 Å². The van der Waals surface area contributed by atoms with E-state index in [1.807, 2.05) is 18.2 Å². The van der Waals surface area contributed by atoms with E-state index in [4.69, 9.17) is 18.9 Å². The van der Waals surface area contributed by atoms with Crippen LogP contribution in [0.3, 0.4) is 0 Å². The molecule has 5 nitrogen and oxygen atoms in total. The van der Waals surface area contributed by atoms with Crippen molar-refractivity contribution in [2.24, 2.45) is 0 Å². The van der Waals surface area contributed by atoms with Gasteiger partial charge in [0.25, 0.3) is 0 Å². The van der Waals surface area contributed by atoms with Gasteiger partial charge in [0.05, 0.1) is 33.0 Å². The largest absolute Gasteiger partial charge is 0.507 e. The number of phenolic OH excluding ortho intramolecular Hbond substituents is 1. The second kappa shape index (κ2) is 13.4. The van der Waals surface area contributed by atoms with Crippen LogP contribution in [0.25, 0.3) is 21.5 Å². The number of fused-ring (bicyclic) bond motifs is 2. The van der Waals surface area contributed by atoms with E-state index in [0.29, 0.717) is 61.5 Å². The lowest BCUT2D eigenvalue weighted by molar-refractivity contribution is 0.0181. The highest BCUT2D eigenvalue weighted by Crippen LogP contribution is 2.28. The molecule has 0 heterocycles. The van der Waals surface area contributed by atoms with Crippen LogP contribution in [0.2, 0.25) is 0 Å². The lowest BCUT2D eigenvalue weighted by Crippen LogP contribution is -2.12. The van der Waals surface area contributed by atoms with Crippen LogP contribution >= 0.6 is 0 Å². The van der Waals surface area contributed by atoms with E-state index >= 15 is 0 Å². The van der Waals surface area contributed by atoms with Crippen LogP contribution in [-0.4, -0.2) is 51.9 Å². The van der Waals surface area contributed by atoms with Crippen LogP contribution in [0.1, 0.15) is 0 Å². The van der Waals surface area contributed by atoms with Crippen molar-refractivity contribution >= 4 is 21.5 Å². The Morgan fingerprint density at radius 3 is 1.71 bits per heavy atom. The summed E-state index contributed by atoms with van der Waals surface area (Å²) in [5, 5.41) is 11.7. The zero-order valence-electron chi connectivity index (χ0n) is 19.0. The monoisotopic (exact) mass is 470 g/mol. The number of rotatable bonds is 10. The van der Waals surface area contributed by atoms with Gasteiger partial charge in [-0.25, -0.2) is 8.78 Å². The summed E-state index contributed by atoms with van der Waals surface area (Å²) in [6.45, 7) is 3.06. The molecule has 0 saturated heterocycles. The molecule has 0 spiro atoms. The molecule has 180 valence electrons. The van der Waals surface area contributed by atoms with E-state index in [1.165, 1.54) is 18.2 Å². The Morgan fingerprint density at radius 1 is 0.588 bits per heavy atom. The van der Waals surface area contributed by atoms with Crippen LogP contribution in [0.15, 0.2) is 72.8 Å². The summed E-state index contributed by atoms with van der Waals surface area (Å²) in [6, 6.07) is 19.8. The molecule has 0 atom stereocenters. The maximum Gasteiger partial charge on any atom is 0.131 e. The first-order valence-corrected chi connectivity index (χ1v) is 10.9. The normalized spacial score (nSPS) is 10.8. The molecule has 7 heteroatoms. The molecular formula is C27H28F2O5. The van der Waals surface area contributed by atoms with E-state index in [-0.39, 0.29) is 17.4 Å². The van der Waals surface area contributed by atoms with Crippen molar-refractivity contribution in [1.82, 2.24) is 0 Å². The Morgan fingerprint density at radius 2 is 1.09 bits per heavy atom. The quantitative estimate of drug-likeness (QED) is 0.300. The molecule has 34 heavy (non-hydrogen) atoms. The van der Waals surface area contributed by atoms with Gasteiger partial charge < -0.3 is 24.1 Å². The molecule has 0 saturated carbocycles. The maximum absolute atomic E-state index is 13.7. The summed E-state index contributed by atoms with van der Waals surface area (Å²) in [5.74, 6) is 0.236. The summed E-state index contributed by atoms with van der Waals surface area (Å²) >= 11 is 0. The lowest BCUT2D eigenvalue weighted by atomic mass is 10.1. The zero-order valence-corrected chi connectivity index (χ0v) is 19.0. The van der Waals surface area contributed by atoms with Crippen LogP contribution in [0.4, 0.5) is 8.78 Å². The first-order valence-electron chi connectivity index (χ1n) is 10.9. The predicted molar refractivity (Wildman–Crippen MR) is 128 cm³/mol. The van der Waals surface area contributed by atoms with Gasteiger partial charge in [0.15, 0.2) is 0 Å². The van der Waals surface area contributed by atoms with Gasteiger partial charge in [-0.3, -0.25) is 0 Å². The Labute approximate surface area is 197 Å². The number of aromatic hydroxyl groups is 1. The van der Waals surface area contributed by atoms with Gasteiger partial charge in [-0.15, -0.1) is 0 Å². The van der Waals surface area contributed by atoms with E-state index in [9.17, 15) is 13.9 Å². The number of benzene rings is 4. The van der Waals surface area contributed by atoms with Gasteiger partial charge in [-0.1, -0.05) is 48.5 Å². The molecule has 0 unspecified atom stereocenters. The number of hydrogen-bond acceptors (Lipinski definition) is 5. The summed E-state index contributed by atoms with van der Waals surface area (Å²) in [6.07, 6.45) is 0. The van der Waals surface area contributed by atoms with Gasteiger partial charge >= 0.3 is 0 Å². The van der Waals surface area contributed by atoms with Gasteiger partial charge in [0, 0.05) is 28.7 Å². The smallest absolute Gasteiger partial charge is 0.131 e. The minimum Gasteiger partial charge on any atom is -0.507 e. The maximum atomic E-state index is 13.7. The third-order valence-electron chi connectivity index (χ3n) is 4.97. The highest BCUT2D eigenvalue weighted by atomic mass is 19.1. The first-order chi connectivity index (χ1) is 16.6. The fourth-order valence-electron chi connectivity index (χ4n) is 3.28. The third kappa shape index (κ3) is 7.12. The topological polar surface area (TPSA) is 57.2 Å². The predicted octanol–water partition coefficient (Wildman–Crippen LogP) is 5.72. The van der Waals surface area contributed by atoms with Gasteiger partial charge in [-0.2, -0.15) is 0 Å². The van der Waals surface area contributed by atoms with E-state index < -0.39 is 0 Å². The average Bonchev–Trinajstić information content (AvgIpc) is 2.87. The van der Waals surface area contributed by atoms with Crippen molar-refractivity contribution in [1.29, 1.82) is 0 Å². The molecule has 1 N–H and O–H groups in total. The molecule has 0 aliphatic rings. The Kier molecular flexibility index (Phi) is 10.0. The summed E-state index contributed by atoms with van der Waals surface area (Å²) in [7, 11) is 1.64. The summed E-state index contributed by atoms with van der Waals surface area (Å²) in [4.78, 5) is 0. The highest BCUT2D eigenvalue weighted by Gasteiger charge is 2.06. The van der Waals surface area contributed by atoms with E-state index in [0.717, 1.165) is 5.39 Å². The van der Waals surface area contributed by atoms with Crippen molar-refractivity contribution < 1.29 is 32.8 Å². The van der Waals surface area contributed by atoms with Crippen LogP contribution in [0.5, 0.6) is 11.5 Å². The van der Waals surface area contributed by atoms with Crippen LogP contribution in [-0.2, 0) is 14.2 Å². The highest BCUT2D eigenvalue weighted by molar-refractivity contribution is 5.89. The van der Waals surface area contributed by atoms with Crippen LogP contribution < -0.4 is 4.74 Å². The summed E-state index contributed by atoms with van der Waals surface area (Å²) in [5.41, 5.74) is 0. The standard InChI is InChI=1S/C17H21FO4.C10H7FO/c1-19-8-9-20-10-11-21-12-13-22-17-7-6-16(18)14-4-2-3-5-15(14)17;11-9-5-6-10(12)8-4-2-1-3-7(8)9/h2-7H,8-13H2,1H3;1-6,12H. The van der Waals surface area contributed by atoms with Crippen molar-refractivity contribution in [2.75, 3.05) is 46.8 Å². The Balaban J connectivity index is 0.000000226. The third-order valence-corrected chi connectivity index (χ3v) is 4.97. The van der Waals surface area contributed by atoms with Gasteiger partial charge in [0.2, 0.25) is 0 Å². The van der Waals surface area contributed by atoms with Crippen LogP contribution in [0, 0.1) is 11.6 Å². The molecule has 0 aliphatic heterocycles. The SMILES string of the molecule is COCCOCCOCCOc1ccc(F)c2ccccc12.Oc1ccc(F)c2ccccc12. The molecule has 0 bridgehead atoms. The second-order valence-electron chi connectivity index (χ2n) is 7.27. The minimum atomic E-state index is -0.302. The van der Waals surface area contributed by atoms with Gasteiger partial charge in [-0.05, 0) is 24.3 Å². The first kappa shape index (κ1) is 25.4. The summed E-state index contributed by atoms with van der Waals surface area (Å²) < 4.78 is 48.0.